The van der Waals surface area contributed by atoms with E-state index in [0.29, 0.717) is 6.10 Å². The van der Waals surface area contributed by atoms with E-state index in [1.54, 1.807) is 0 Å². The highest BCUT2D eigenvalue weighted by Gasteiger charge is 2.16. The molecule has 16 heavy (non-hydrogen) atoms. The van der Waals surface area contributed by atoms with Crippen LogP contribution in [0.5, 0.6) is 5.75 Å². The summed E-state index contributed by atoms with van der Waals surface area (Å²) >= 11 is 0. The molecular formula is C15H24O. The van der Waals surface area contributed by atoms with E-state index in [1.807, 2.05) is 13.8 Å². The Morgan fingerprint density at radius 2 is 1.88 bits per heavy atom. The molecule has 2 rings (SSSR count). The van der Waals surface area contributed by atoms with Crippen LogP contribution in [0.1, 0.15) is 52.0 Å². The minimum Gasteiger partial charge on any atom is -0.490 e. The van der Waals surface area contributed by atoms with Gasteiger partial charge in [-0.2, -0.15) is 0 Å². The fourth-order valence-electron chi connectivity index (χ4n) is 2.04. The Morgan fingerprint density at radius 3 is 2.50 bits per heavy atom. The SMILES string of the molecule is CC.CCc1cccc(OC2CCCC2)c1. The van der Waals surface area contributed by atoms with Crippen LogP contribution in [0.15, 0.2) is 24.3 Å². The summed E-state index contributed by atoms with van der Waals surface area (Å²) in [6.07, 6.45) is 6.69. The van der Waals surface area contributed by atoms with Crippen molar-refractivity contribution in [2.75, 3.05) is 0 Å². The molecule has 0 spiro atoms. The summed E-state index contributed by atoms with van der Waals surface area (Å²) in [5.74, 6) is 1.05. The van der Waals surface area contributed by atoms with Crippen molar-refractivity contribution in [1.29, 1.82) is 0 Å². The molecular weight excluding hydrogens is 196 g/mol. The van der Waals surface area contributed by atoms with Crippen LogP contribution in [-0.4, -0.2) is 6.10 Å². The standard InChI is InChI=1S/C13H18O.C2H6/c1-2-11-6-5-9-13(10-11)14-12-7-3-4-8-12;1-2/h5-6,9-10,12H,2-4,7-8H2,1H3;1-2H3. The topological polar surface area (TPSA) is 9.23 Å². The third kappa shape index (κ3) is 3.88. The molecule has 1 nitrogen and oxygen atoms in total. The number of benzene rings is 1. The Bertz CT molecular complexity index is 287. The van der Waals surface area contributed by atoms with E-state index in [-0.39, 0.29) is 0 Å². The minimum atomic E-state index is 0.474. The van der Waals surface area contributed by atoms with Crippen LogP contribution in [0.3, 0.4) is 0 Å². The number of hydrogen-bond acceptors (Lipinski definition) is 1. The molecule has 0 N–H and O–H groups in total. The van der Waals surface area contributed by atoms with Crippen molar-refractivity contribution >= 4 is 0 Å². The summed E-state index contributed by atoms with van der Waals surface area (Å²) in [6, 6.07) is 8.47. The van der Waals surface area contributed by atoms with Crippen LogP contribution < -0.4 is 4.74 Å². The largest absolute Gasteiger partial charge is 0.490 e. The molecule has 0 bridgehead atoms. The fraction of sp³-hybridized carbons (Fsp3) is 0.600. The van der Waals surface area contributed by atoms with Gasteiger partial charge in [-0.1, -0.05) is 32.9 Å². The third-order valence-corrected chi connectivity index (χ3v) is 2.91. The molecule has 0 aliphatic heterocycles. The average molecular weight is 220 g/mol. The predicted molar refractivity (Wildman–Crippen MR) is 70.1 cm³/mol. The Kier molecular flexibility index (Phi) is 5.99. The molecule has 0 saturated heterocycles. The molecule has 0 amide bonds. The van der Waals surface area contributed by atoms with Crippen LogP contribution in [-0.2, 0) is 6.42 Å². The summed E-state index contributed by atoms with van der Waals surface area (Å²) in [5.41, 5.74) is 1.36. The first-order valence-corrected chi connectivity index (χ1v) is 6.64. The molecule has 1 aliphatic carbocycles. The van der Waals surface area contributed by atoms with Crippen molar-refractivity contribution in [1.82, 2.24) is 0 Å². The second kappa shape index (κ2) is 7.32. The highest BCUT2D eigenvalue weighted by atomic mass is 16.5. The second-order valence-corrected chi connectivity index (χ2v) is 4.03. The molecule has 0 atom stereocenters. The molecule has 1 heteroatoms. The molecule has 0 aromatic heterocycles. The maximum absolute atomic E-state index is 5.92. The number of hydrogen-bond donors (Lipinski definition) is 0. The Labute approximate surface area is 99.8 Å². The monoisotopic (exact) mass is 220 g/mol. The molecule has 1 fully saturated rings. The van der Waals surface area contributed by atoms with E-state index in [1.165, 1.54) is 31.2 Å². The van der Waals surface area contributed by atoms with Crippen molar-refractivity contribution < 1.29 is 4.74 Å². The van der Waals surface area contributed by atoms with Crippen LogP contribution >= 0.6 is 0 Å². The van der Waals surface area contributed by atoms with Gasteiger partial charge in [0.05, 0.1) is 6.10 Å². The minimum absolute atomic E-state index is 0.474. The van der Waals surface area contributed by atoms with E-state index in [9.17, 15) is 0 Å². The number of ether oxygens (including phenoxy) is 1. The van der Waals surface area contributed by atoms with Crippen LogP contribution in [0.4, 0.5) is 0 Å². The van der Waals surface area contributed by atoms with Gasteiger partial charge in [0, 0.05) is 0 Å². The first-order chi connectivity index (χ1) is 7.88. The van der Waals surface area contributed by atoms with Crippen molar-refractivity contribution in [3.63, 3.8) is 0 Å². The normalized spacial score (nSPS) is 15.4. The van der Waals surface area contributed by atoms with Crippen molar-refractivity contribution in [2.24, 2.45) is 0 Å². The smallest absolute Gasteiger partial charge is 0.119 e. The van der Waals surface area contributed by atoms with Gasteiger partial charge in [0.2, 0.25) is 0 Å². The Balaban J connectivity index is 0.000000606. The van der Waals surface area contributed by atoms with Gasteiger partial charge in [-0.25, -0.2) is 0 Å². The molecule has 1 aromatic rings. The lowest BCUT2D eigenvalue weighted by molar-refractivity contribution is 0.210. The number of aryl methyl sites for hydroxylation is 1. The molecule has 1 aliphatic rings. The lowest BCUT2D eigenvalue weighted by Gasteiger charge is -2.13. The average Bonchev–Trinajstić information content (AvgIpc) is 2.85. The zero-order valence-corrected chi connectivity index (χ0v) is 10.8. The van der Waals surface area contributed by atoms with Crippen LogP contribution in [0.25, 0.3) is 0 Å². The fourth-order valence-corrected chi connectivity index (χ4v) is 2.04. The van der Waals surface area contributed by atoms with Gasteiger partial charge in [0.15, 0.2) is 0 Å². The Hall–Kier alpha value is -0.980. The summed E-state index contributed by atoms with van der Waals surface area (Å²) in [6.45, 7) is 6.18. The quantitative estimate of drug-likeness (QED) is 0.723. The highest BCUT2D eigenvalue weighted by Crippen LogP contribution is 2.24. The summed E-state index contributed by atoms with van der Waals surface area (Å²) in [7, 11) is 0. The zero-order valence-electron chi connectivity index (χ0n) is 10.8. The van der Waals surface area contributed by atoms with Crippen LogP contribution in [0, 0.1) is 0 Å². The van der Waals surface area contributed by atoms with Gasteiger partial charge in [-0.05, 0) is 49.8 Å². The lowest BCUT2D eigenvalue weighted by atomic mass is 10.1. The zero-order chi connectivity index (χ0) is 11.8. The summed E-state index contributed by atoms with van der Waals surface area (Å²) in [4.78, 5) is 0. The van der Waals surface area contributed by atoms with E-state index >= 15 is 0 Å². The second-order valence-electron chi connectivity index (χ2n) is 4.03. The first kappa shape index (κ1) is 13.1. The molecule has 0 radical (unpaired) electrons. The third-order valence-electron chi connectivity index (χ3n) is 2.91. The van der Waals surface area contributed by atoms with Crippen molar-refractivity contribution in [2.45, 2.75) is 59.0 Å². The maximum Gasteiger partial charge on any atom is 0.119 e. The Morgan fingerprint density at radius 1 is 1.19 bits per heavy atom. The molecule has 0 heterocycles. The highest BCUT2D eigenvalue weighted by molar-refractivity contribution is 5.28. The van der Waals surface area contributed by atoms with E-state index in [0.717, 1.165) is 12.2 Å². The molecule has 90 valence electrons. The van der Waals surface area contributed by atoms with Gasteiger partial charge in [-0.3, -0.25) is 0 Å². The molecule has 1 saturated carbocycles. The van der Waals surface area contributed by atoms with E-state index < -0.39 is 0 Å². The molecule has 0 unspecified atom stereocenters. The van der Waals surface area contributed by atoms with Crippen LogP contribution in [0.2, 0.25) is 0 Å². The van der Waals surface area contributed by atoms with Crippen molar-refractivity contribution in [3.8, 4) is 5.75 Å². The number of rotatable bonds is 3. The first-order valence-electron chi connectivity index (χ1n) is 6.64. The van der Waals surface area contributed by atoms with E-state index in [4.69, 9.17) is 4.74 Å². The van der Waals surface area contributed by atoms with Gasteiger partial charge < -0.3 is 4.74 Å². The van der Waals surface area contributed by atoms with Gasteiger partial charge in [0.1, 0.15) is 5.75 Å². The predicted octanol–water partition coefficient (Wildman–Crippen LogP) is 4.60. The van der Waals surface area contributed by atoms with Gasteiger partial charge in [-0.15, -0.1) is 0 Å². The summed E-state index contributed by atoms with van der Waals surface area (Å²) < 4.78 is 5.92. The maximum atomic E-state index is 5.92. The molecule has 1 aromatic carbocycles. The summed E-state index contributed by atoms with van der Waals surface area (Å²) in [5, 5.41) is 0. The van der Waals surface area contributed by atoms with Crippen molar-refractivity contribution in [3.05, 3.63) is 29.8 Å². The van der Waals surface area contributed by atoms with Gasteiger partial charge in [0.25, 0.3) is 0 Å². The van der Waals surface area contributed by atoms with Gasteiger partial charge >= 0.3 is 0 Å². The van der Waals surface area contributed by atoms with E-state index in [2.05, 4.69) is 31.2 Å². The lowest BCUT2D eigenvalue weighted by Crippen LogP contribution is -2.10.